The van der Waals surface area contributed by atoms with E-state index in [9.17, 15) is 4.79 Å². The summed E-state index contributed by atoms with van der Waals surface area (Å²) in [5, 5.41) is 6.33. The van der Waals surface area contributed by atoms with E-state index in [1.165, 1.54) is 0 Å². The Morgan fingerprint density at radius 1 is 1.40 bits per heavy atom. The summed E-state index contributed by atoms with van der Waals surface area (Å²) >= 11 is 0. The van der Waals surface area contributed by atoms with Crippen molar-refractivity contribution >= 4 is 5.91 Å². The highest BCUT2D eigenvalue weighted by molar-refractivity contribution is 5.83. The lowest BCUT2D eigenvalue weighted by Crippen LogP contribution is -2.41. The van der Waals surface area contributed by atoms with Gasteiger partial charge in [-0.05, 0) is 37.1 Å². The first-order chi connectivity index (χ1) is 9.73. The summed E-state index contributed by atoms with van der Waals surface area (Å²) in [4.78, 5) is 12.4. The molecule has 2 heterocycles. The number of nitrogens with one attached hydrogen (secondary N) is 2. The summed E-state index contributed by atoms with van der Waals surface area (Å²) in [5.74, 6) is 1.66. The van der Waals surface area contributed by atoms with Crippen LogP contribution in [0.1, 0.15) is 25.3 Å². The molecule has 2 N–H and O–H groups in total. The van der Waals surface area contributed by atoms with Crippen LogP contribution in [0.15, 0.2) is 18.2 Å². The number of rotatable bonds is 4. The zero-order valence-electron chi connectivity index (χ0n) is 11.7. The molecule has 20 heavy (non-hydrogen) atoms. The molecule has 1 saturated heterocycles. The minimum absolute atomic E-state index is 0.141. The molecular formula is C15H20N2O3. The van der Waals surface area contributed by atoms with E-state index >= 15 is 0 Å². The number of amides is 1. The number of hydrogen-bond donors (Lipinski definition) is 2. The molecule has 1 unspecified atom stereocenters. The molecule has 1 fully saturated rings. The second-order valence-corrected chi connectivity index (χ2v) is 5.43. The second kappa shape index (κ2) is 5.32. The zero-order valence-corrected chi connectivity index (χ0v) is 11.7. The minimum atomic E-state index is -0.240. The summed E-state index contributed by atoms with van der Waals surface area (Å²) in [6.07, 6.45) is 1.78. The predicted octanol–water partition coefficient (Wildman–Crippen LogP) is 1.42. The highest BCUT2D eigenvalue weighted by Gasteiger charge is 2.39. The van der Waals surface area contributed by atoms with Gasteiger partial charge in [0.25, 0.3) is 0 Å². The number of fused-ring (bicyclic) bond motifs is 1. The van der Waals surface area contributed by atoms with Crippen molar-refractivity contribution in [2.45, 2.75) is 26.3 Å². The molecule has 0 bridgehead atoms. The van der Waals surface area contributed by atoms with Crippen LogP contribution >= 0.6 is 0 Å². The number of carbonyl (C=O) groups is 1. The van der Waals surface area contributed by atoms with E-state index in [-0.39, 0.29) is 18.1 Å². The summed E-state index contributed by atoms with van der Waals surface area (Å²) < 4.78 is 10.6. The first kappa shape index (κ1) is 13.2. The lowest BCUT2D eigenvalue weighted by molar-refractivity contribution is -0.130. The molecule has 0 spiro atoms. The third-order valence-electron chi connectivity index (χ3n) is 4.29. The number of benzene rings is 1. The van der Waals surface area contributed by atoms with Gasteiger partial charge in [0.15, 0.2) is 11.5 Å². The van der Waals surface area contributed by atoms with E-state index in [2.05, 4.69) is 17.6 Å². The van der Waals surface area contributed by atoms with Gasteiger partial charge in [0.2, 0.25) is 12.7 Å². The van der Waals surface area contributed by atoms with Crippen LogP contribution in [-0.4, -0.2) is 25.8 Å². The Labute approximate surface area is 118 Å². The molecule has 1 aromatic carbocycles. The third-order valence-corrected chi connectivity index (χ3v) is 4.29. The van der Waals surface area contributed by atoms with Crippen LogP contribution in [0, 0.1) is 5.41 Å². The average molecular weight is 276 g/mol. The van der Waals surface area contributed by atoms with Crippen molar-refractivity contribution in [1.29, 1.82) is 0 Å². The molecule has 5 nitrogen and oxygen atoms in total. The van der Waals surface area contributed by atoms with Crippen LogP contribution in [0.4, 0.5) is 0 Å². The van der Waals surface area contributed by atoms with Crippen LogP contribution in [0.5, 0.6) is 11.5 Å². The third kappa shape index (κ3) is 2.33. The molecule has 3 rings (SSSR count). The van der Waals surface area contributed by atoms with Crippen molar-refractivity contribution in [3.05, 3.63) is 23.8 Å². The molecule has 0 saturated carbocycles. The number of ether oxygens (including phenoxy) is 2. The fraction of sp³-hybridized carbons (Fsp3) is 0.533. The molecule has 1 amide bonds. The largest absolute Gasteiger partial charge is 0.454 e. The second-order valence-electron chi connectivity index (χ2n) is 5.43. The van der Waals surface area contributed by atoms with Gasteiger partial charge < -0.3 is 20.1 Å². The lowest BCUT2D eigenvalue weighted by Gasteiger charge is -2.25. The normalized spacial score (nSPS) is 23.9. The summed E-state index contributed by atoms with van der Waals surface area (Å²) in [6.45, 7) is 4.57. The molecule has 2 aliphatic heterocycles. The van der Waals surface area contributed by atoms with Gasteiger partial charge >= 0.3 is 0 Å². The molecule has 1 aromatic rings. The van der Waals surface area contributed by atoms with Gasteiger partial charge in [-0.2, -0.15) is 0 Å². The summed E-state index contributed by atoms with van der Waals surface area (Å²) in [6, 6.07) is 5.77. The van der Waals surface area contributed by atoms with E-state index in [1.807, 2.05) is 18.2 Å². The molecule has 108 valence electrons. The Bertz CT molecular complexity index is 510. The first-order valence-electron chi connectivity index (χ1n) is 7.11. The van der Waals surface area contributed by atoms with E-state index in [0.717, 1.165) is 43.0 Å². The molecule has 5 heteroatoms. The van der Waals surface area contributed by atoms with Crippen LogP contribution in [0.2, 0.25) is 0 Å². The van der Waals surface area contributed by atoms with Crippen molar-refractivity contribution in [1.82, 2.24) is 10.6 Å². The van der Waals surface area contributed by atoms with Crippen molar-refractivity contribution in [2.75, 3.05) is 19.9 Å². The van der Waals surface area contributed by atoms with E-state index < -0.39 is 0 Å². The van der Waals surface area contributed by atoms with Crippen LogP contribution in [0.3, 0.4) is 0 Å². The monoisotopic (exact) mass is 276 g/mol. The van der Waals surface area contributed by atoms with Gasteiger partial charge in [0.05, 0.1) is 5.41 Å². The highest BCUT2D eigenvalue weighted by atomic mass is 16.7. The van der Waals surface area contributed by atoms with Crippen molar-refractivity contribution in [3.8, 4) is 11.5 Å². The molecule has 0 aliphatic carbocycles. The lowest BCUT2D eigenvalue weighted by atomic mass is 9.83. The first-order valence-corrected chi connectivity index (χ1v) is 7.11. The predicted molar refractivity (Wildman–Crippen MR) is 74.6 cm³/mol. The topological polar surface area (TPSA) is 59.6 Å². The SMILES string of the molecule is CCC1(C(=O)NCc2ccc3c(c2)OCO3)CCNC1. The minimum Gasteiger partial charge on any atom is -0.454 e. The van der Waals surface area contributed by atoms with Crippen molar-refractivity contribution in [2.24, 2.45) is 5.41 Å². The Kier molecular flexibility index (Phi) is 3.53. The highest BCUT2D eigenvalue weighted by Crippen LogP contribution is 2.33. The summed E-state index contributed by atoms with van der Waals surface area (Å²) in [5.41, 5.74) is 0.788. The van der Waals surface area contributed by atoms with E-state index in [4.69, 9.17) is 9.47 Å². The van der Waals surface area contributed by atoms with E-state index in [1.54, 1.807) is 0 Å². The van der Waals surface area contributed by atoms with E-state index in [0.29, 0.717) is 6.54 Å². The number of hydrogen-bond acceptors (Lipinski definition) is 4. The van der Waals surface area contributed by atoms with Gasteiger partial charge in [-0.3, -0.25) is 4.79 Å². The Morgan fingerprint density at radius 3 is 3.00 bits per heavy atom. The van der Waals surface area contributed by atoms with Crippen LogP contribution in [0.25, 0.3) is 0 Å². The maximum Gasteiger partial charge on any atom is 0.231 e. The molecule has 2 aliphatic rings. The number of carbonyl (C=O) groups excluding carboxylic acids is 1. The smallest absolute Gasteiger partial charge is 0.231 e. The average Bonchev–Trinajstić information content (AvgIpc) is 3.13. The fourth-order valence-corrected chi connectivity index (χ4v) is 2.82. The van der Waals surface area contributed by atoms with Crippen molar-refractivity contribution < 1.29 is 14.3 Å². The molecule has 0 aromatic heterocycles. The van der Waals surface area contributed by atoms with Gasteiger partial charge in [-0.1, -0.05) is 13.0 Å². The van der Waals surface area contributed by atoms with Gasteiger partial charge in [0, 0.05) is 13.1 Å². The summed E-state index contributed by atoms with van der Waals surface area (Å²) in [7, 11) is 0. The van der Waals surface area contributed by atoms with Gasteiger partial charge in [0.1, 0.15) is 0 Å². The van der Waals surface area contributed by atoms with Gasteiger partial charge in [-0.15, -0.1) is 0 Å². The maximum atomic E-state index is 12.4. The maximum absolute atomic E-state index is 12.4. The molecule has 1 atom stereocenters. The Balaban J connectivity index is 1.63. The van der Waals surface area contributed by atoms with Crippen molar-refractivity contribution in [3.63, 3.8) is 0 Å². The van der Waals surface area contributed by atoms with Gasteiger partial charge in [-0.25, -0.2) is 0 Å². The molecule has 0 radical (unpaired) electrons. The Hall–Kier alpha value is -1.75. The fourth-order valence-electron chi connectivity index (χ4n) is 2.82. The molecular weight excluding hydrogens is 256 g/mol. The quantitative estimate of drug-likeness (QED) is 0.873. The van der Waals surface area contributed by atoms with Crippen LogP contribution < -0.4 is 20.1 Å². The Morgan fingerprint density at radius 2 is 2.25 bits per heavy atom. The zero-order chi connectivity index (χ0) is 14.0. The standard InChI is InChI=1S/C15H20N2O3/c1-2-15(5-6-16-9-15)14(18)17-8-11-3-4-12-13(7-11)20-10-19-12/h3-4,7,16H,2,5-6,8-10H2,1H3,(H,17,18). The van der Waals surface area contributed by atoms with Crippen LogP contribution in [-0.2, 0) is 11.3 Å².